The van der Waals surface area contributed by atoms with Gasteiger partial charge >= 0.3 is 0 Å². The summed E-state index contributed by atoms with van der Waals surface area (Å²) in [6.45, 7) is 5.57. The van der Waals surface area contributed by atoms with E-state index >= 15 is 0 Å². The molecule has 0 fully saturated rings. The lowest BCUT2D eigenvalue weighted by Gasteiger charge is -2.19. The first kappa shape index (κ1) is 15.8. The van der Waals surface area contributed by atoms with E-state index in [1.807, 2.05) is 26.8 Å². The van der Waals surface area contributed by atoms with Crippen molar-refractivity contribution in [3.05, 3.63) is 23.8 Å². The molecule has 0 aliphatic heterocycles. The molecule has 1 unspecified atom stereocenters. The van der Waals surface area contributed by atoms with Gasteiger partial charge in [0.05, 0.1) is 12.8 Å². The van der Waals surface area contributed by atoms with Crippen molar-refractivity contribution in [1.82, 2.24) is 0 Å². The van der Waals surface area contributed by atoms with Crippen LogP contribution in [0, 0.1) is 18.8 Å². The fraction of sp³-hybridized carbons (Fsp3) is 0.429. The van der Waals surface area contributed by atoms with Crippen LogP contribution in [0.25, 0.3) is 0 Å². The average Bonchev–Trinajstić information content (AvgIpc) is 2.38. The summed E-state index contributed by atoms with van der Waals surface area (Å²) < 4.78 is 5.20. The highest BCUT2D eigenvalue weighted by molar-refractivity contribution is 6.08. The number of rotatable bonds is 5. The van der Waals surface area contributed by atoms with Crippen molar-refractivity contribution in [2.45, 2.75) is 20.8 Å². The molecule has 0 heterocycles. The topological polar surface area (TPSA) is 96.9 Å². The van der Waals surface area contributed by atoms with Crippen LogP contribution in [0.4, 0.5) is 5.69 Å². The van der Waals surface area contributed by atoms with Gasteiger partial charge in [-0.05, 0) is 30.5 Å². The average molecular weight is 279 g/mol. The molecule has 0 radical (unpaired) electrons. The van der Waals surface area contributed by atoms with Crippen molar-refractivity contribution < 1.29 is 14.7 Å². The van der Waals surface area contributed by atoms with Crippen LogP contribution in [0.15, 0.2) is 23.4 Å². The maximum absolute atomic E-state index is 12.3. The number of amides is 1. The molecule has 0 aliphatic rings. The quantitative estimate of drug-likeness (QED) is 0.332. The third-order valence-electron chi connectivity index (χ3n) is 3.00. The maximum atomic E-state index is 12.3. The molecule has 0 aliphatic carbocycles. The standard InChI is InChI=1S/C14H21N3O3/c1-8(2)12(13(15)17-19)14(18)16-10-7-9(3)5-6-11(10)20-4/h5-8,12,19H,1-4H3,(H2,15,17)(H,16,18). The van der Waals surface area contributed by atoms with E-state index in [-0.39, 0.29) is 17.7 Å². The number of carbonyl (C=O) groups is 1. The lowest BCUT2D eigenvalue weighted by Crippen LogP contribution is -2.38. The Morgan fingerprint density at radius 1 is 1.45 bits per heavy atom. The molecule has 6 heteroatoms. The number of nitrogens with one attached hydrogen (secondary N) is 1. The number of aryl methyl sites for hydroxylation is 1. The van der Waals surface area contributed by atoms with Gasteiger partial charge in [-0.25, -0.2) is 0 Å². The molecule has 0 bridgehead atoms. The van der Waals surface area contributed by atoms with Crippen molar-refractivity contribution in [1.29, 1.82) is 0 Å². The summed E-state index contributed by atoms with van der Waals surface area (Å²) in [6, 6.07) is 5.47. The zero-order valence-corrected chi connectivity index (χ0v) is 12.2. The number of oxime groups is 1. The number of ether oxygens (including phenoxy) is 1. The molecule has 0 aromatic heterocycles. The van der Waals surface area contributed by atoms with Crippen LogP contribution >= 0.6 is 0 Å². The Morgan fingerprint density at radius 3 is 2.60 bits per heavy atom. The molecule has 110 valence electrons. The van der Waals surface area contributed by atoms with Gasteiger partial charge in [0.2, 0.25) is 5.91 Å². The molecule has 1 rings (SSSR count). The van der Waals surface area contributed by atoms with E-state index in [1.54, 1.807) is 12.1 Å². The molecule has 0 spiro atoms. The van der Waals surface area contributed by atoms with Crippen molar-refractivity contribution >= 4 is 17.4 Å². The number of benzene rings is 1. The summed E-state index contributed by atoms with van der Waals surface area (Å²) in [5, 5.41) is 14.5. The van der Waals surface area contributed by atoms with Gasteiger partial charge in [-0.2, -0.15) is 0 Å². The molecule has 4 N–H and O–H groups in total. The smallest absolute Gasteiger partial charge is 0.235 e. The Balaban J connectivity index is 3.02. The van der Waals surface area contributed by atoms with Crippen LogP contribution < -0.4 is 15.8 Å². The lowest BCUT2D eigenvalue weighted by molar-refractivity contribution is -0.119. The van der Waals surface area contributed by atoms with Crippen LogP contribution in [0.5, 0.6) is 5.75 Å². The van der Waals surface area contributed by atoms with Crippen LogP contribution in [0.2, 0.25) is 0 Å². The second kappa shape index (κ2) is 6.79. The predicted molar refractivity (Wildman–Crippen MR) is 78.1 cm³/mol. The molecule has 1 atom stereocenters. The second-order valence-electron chi connectivity index (χ2n) is 4.94. The van der Waals surface area contributed by atoms with E-state index in [0.29, 0.717) is 11.4 Å². The Bertz CT molecular complexity index is 512. The van der Waals surface area contributed by atoms with Gasteiger partial charge < -0.3 is 21.0 Å². The van der Waals surface area contributed by atoms with E-state index < -0.39 is 5.92 Å². The van der Waals surface area contributed by atoms with E-state index in [4.69, 9.17) is 15.7 Å². The summed E-state index contributed by atoms with van der Waals surface area (Å²) in [7, 11) is 1.53. The first-order valence-electron chi connectivity index (χ1n) is 6.33. The highest BCUT2D eigenvalue weighted by atomic mass is 16.5. The van der Waals surface area contributed by atoms with Gasteiger partial charge in [-0.15, -0.1) is 0 Å². The fourth-order valence-corrected chi connectivity index (χ4v) is 1.97. The summed E-state index contributed by atoms with van der Waals surface area (Å²) in [5.41, 5.74) is 7.14. The van der Waals surface area contributed by atoms with E-state index in [0.717, 1.165) is 5.56 Å². The lowest BCUT2D eigenvalue weighted by atomic mass is 9.93. The van der Waals surface area contributed by atoms with Gasteiger partial charge in [0, 0.05) is 0 Å². The van der Waals surface area contributed by atoms with Crippen molar-refractivity contribution in [2.75, 3.05) is 12.4 Å². The van der Waals surface area contributed by atoms with Crippen LogP contribution in [-0.4, -0.2) is 24.1 Å². The minimum Gasteiger partial charge on any atom is -0.495 e. The third-order valence-corrected chi connectivity index (χ3v) is 3.00. The number of methoxy groups -OCH3 is 1. The number of hydrogen-bond acceptors (Lipinski definition) is 4. The zero-order valence-electron chi connectivity index (χ0n) is 12.2. The first-order chi connectivity index (χ1) is 9.40. The van der Waals surface area contributed by atoms with Crippen LogP contribution in [0.1, 0.15) is 19.4 Å². The van der Waals surface area contributed by atoms with Gasteiger partial charge in [0.25, 0.3) is 0 Å². The van der Waals surface area contributed by atoms with E-state index in [2.05, 4.69) is 10.5 Å². The largest absolute Gasteiger partial charge is 0.495 e. The van der Waals surface area contributed by atoms with E-state index in [1.165, 1.54) is 7.11 Å². The Labute approximate surface area is 118 Å². The van der Waals surface area contributed by atoms with Crippen LogP contribution in [0.3, 0.4) is 0 Å². The molecule has 1 aromatic rings. The highest BCUT2D eigenvalue weighted by Crippen LogP contribution is 2.26. The van der Waals surface area contributed by atoms with Crippen LogP contribution in [-0.2, 0) is 4.79 Å². The maximum Gasteiger partial charge on any atom is 0.235 e. The number of hydrogen-bond donors (Lipinski definition) is 3. The van der Waals surface area contributed by atoms with Crippen molar-refractivity contribution in [3.8, 4) is 5.75 Å². The Morgan fingerprint density at radius 2 is 2.10 bits per heavy atom. The number of amidine groups is 1. The minimum absolute atomic E-state index is 0.0956. The summed E-state index contributed by atoms with van der Waals surface area (Å²) >= 11 is 0. The summed E-state index contributed by atoms with van der Waals surface area (Å²) in [5.74, 6) is -0.679. The number of nitrogens with two attached hydrogens (primary N) is 1. The minimum atomic E-state index is -0.704. The fourth-order valence-electron chi connectivity index (χ4n) is 1.97. The van der Waals surface area contributed by atoms with Crippen molar-refractivity contribution in [3.63, 3.8) is 0 Å². The Hall–Kier alpha value is -2.24. The van der Waals surface area contributed by atoms with Gasteiger partial charge in [-0.1, -0.05) is 25.1 Å². The molecular weight excluding hydrogens is 258 g/mol. The monoisotopic (exact) mass is 279 g/mol. The predicted octanol–water partition coefficient (Wildman–Crippen LogP) is 1.96. The number of carbonyl (C=O) groups excluding carboxylic acids is 1. The second-order valence-corrected chi connectivity index (χ2v) is 4.94. The zero-order chi connectivity index (χ0) is 15.3. The van der Waals surface area contributed by atoms with Crippen molar-refractivity contribution in [2.24, 2.45) is 22.7 Å². The highest BCUT2D eigenvalue weighted by Gasteiger charge is 2.27. The Kier molecular flexibility index (Phi) is 5.37. The normalized spacial score (nSPS) is 13.2. The SMILES string of the molecule is COc1ccc(C)cc1NC(=O)C(C(N)=NO)C(C)C. The van der Waals surface area contributed by atoms with Gasteiger partial charge in [-0.3, -0.25) is 4.79 Å². The first-order valence-corrected chi connectivity index (χ1v) is 6.33. The summed E-state index contributed by atoms with van der Waals surface area (Å²) in [4.78, 5) is 12.3. The molecule has 0 saturated carbocycles. The molecule has 1 aromatic carbocycles. The molecule has 6 nitrogen and oxygen atoms in total. The summed E-state index contributed by atoms with van der Waals surface area (Å²) in [6.07, 6.45) is 0. The third kappa shape index (κ3) is 3.63. The van der Waals surface area contributed by atoms with Gasteiger partial charge in [0.1, 0.15) is 11.7 Å². The van der Waals surface area contributed by atoms with E-state index in [9.17, 15) is 4.79 Å². The number of nitrogens with zero attached hydrogens (tertiary/aromatic N) is 1. The molecular formula is C14H21N3O3. The molecule has 1 amide bonds. The number of anilines is 1. The molecule has 20 heavy (non-hydrogen) atoms. The van der Waals surface area contributed by atoms with Gasteiger partial charge in [0.15, 0.2) is 5.84 Å². The molecule has 0 saturated heterocycles.